The zero-order valence-corrected chi connectivity index (χ0v) is 10.5. The van der Waals surface area contributed by atoms with E-state index in [2.05, 4.69) is 5.32 Å². The van der Waals surface area contributed by atoms with E-state index in [9.17, 15) is 4.79 Å². The molecule has 0 radical (unpaired) electrons. The maximum atomic E-state index is 10.7. The van der Waals surface area contributed by atoms with Crippen molar-refractivity contribution in [3.8, 4) is 0 Å². The average molecular weight is 266 g/mol. The summed E-state index contributed by atoms with van der Waals surface area (Å²) >= 11 is 6.06. The first kappa shape index (κ1) is 12.5. The van der Waals surface area contributed by atoms with Gasteiger partial charge in [-0.3, -0.25) is 0 Å². The molecule has 0 fully saturated rings. The Labute approximate surface area is 109 Å². The molecule has 0 aliphatic carbocycles. The summed E-state index contributed by atoms with van der Waals surface area (Å²) in [4.78, 5) is 10.7. The average Bonchev–Trinajstić information content (AvgIpc) is 2.77. The lowest BCUT2D eigenvalue weighted by atomic mass is 10.2. The van der Waals surface area contributed by atoms with Crippen LogP contribution in [0.15, 0.2) is 34.9 Å². The first-order valence-electron chi connectivity index (χ1n) is 5.37. The molecule has 94 valence electrons. The minimum atomic E-state index is -1.00. The highest BCUT2D eigenvalue weighted by Gasteiger charge is 2.09. The number of benzene rings is 1. The van der Waals surface area contributed by atoms with Crippen LogP contribution in [-0.2, 0) is 6.54 Å². The van der Waals surface area contributed by atoms with Gasteiger partial charge in [0, 0.05) is 0 Å². The molecule has 1 heterocycles. The van der Waals surface area contributed by atoms with Crippen LogP contribution in [0, 0.1) is 6.92 Å². The second kappa shape index (κ2) is 5.14. The van der Waals surface area contributed by atoms with Crippen molar-refractivity contribution in [2.45, 2.75) is 13.5 Å². The van der Waals surface area contributed by atoms with Crippen LogP contribution >= 0.6 is 11.6 Å². The number of furan rings is 1. The smallest absolute Gasteiger partial charge is 0.338 e. The van der Waals surface area contributed by atoms with Gasteiger partial charge in [0.1, 0.15) is 12.0 Å². The van der Waals surface area contributed by atoms with Gasteiger partial charge in [-0.25, -0.2) is 4.79 Å². The van der Waals surface area contributed by atoms with E-state index in [1.807, 2.05) is 19.1 Å². The molecular formula is C13H12ClNO3. The maximum absolute atomic E-state index is 10.7. The van der Waals surface area contributed by atoms with Gasteiger partial charge in [0.15, 0.2) is 0 Å². The molecule has 0 aliphatic rings. The van der Waals surface area contributed by atoms with Crippen molar-refractivity contribution in [1.82, 2.24) is 0 Å². The van der Waals surface area contributed by atoms with E-state index in [0.717, 1.165) is 11.3 Å². The Balaban J connectivity index is 2.09. The molecule has 0 spiro atoms. The zero-order chi connectivity index (χ0) is 13.1. The van der Waals surface area contributed by atoms with E-state index in [1.54, 1.807) is 6.07 Å². The Morgan fingerprint density at radius 2 is 2.28 bits per heavy atom. The zero-order valence-electron chi connectivity index (χ0n) is 9.74. The molecule has 0 aliphatic heterocycles. The summed E-state index contributed by atoms with van der Waals surface area (Å²) in [6.07, 6.45) is 1.22. The number of hydrogen-bond donors (Lipinski definition) is 2. The maximum Gasteiger partial charge on any atom is 0.338 e. The van der Waals surface area contributed by atoms with Gasteiger partial charge in [-0.15, -0.1) is 0 Å². The number of aryl methyl sites for hydroxylation is 1. The Bertz CT molecular complexity index is 557. The SMILES string of the molecule is Cc1cccc(Cl)c1NCc1cc(C(=O)O)co1. The summed E-state index contributed by atoms with van der Waals surface area (Å²) in [6.45, 7) is 2.33. The van der Waals surface area contributed by atoms with Gasteiger partial charge in [-0.05, 0) is 24.6 Å². The van der Waals surface area contributed by atoms with Crippen molar-refractivity contribution in [3.05, 3.63) is 52.4 Å². The Hall–Kier alpha value is -1.94. The third-order valence-electron chi connectivity index (χ3n) is 2.56. The molecule has 0 amide bonds. The lowest BCUT2D eigenvalue weighted by Gasteiger charge is -2.09. The summed E-state index contributed by atoms with van der Waals surface area (Å²) in [6, 6.07) is 7.10. The molecule has 4 nitrogen and oxygen atoms in total. The summed E-state index contributed by atoms with van der Waals surface area (Å²) in [5.41, 5.74) is 1.99. The molecule has 5 heteroatoms. The number of carboxylic acids is 1. The van der Waals surface area contributed by atoms with Crippen LogP contribution in [0.3, 0.4) is 0 Å². The van der Waals surface area contributed by atoms with Crippen LogP contribution in [0.25, 0.3) is 0 Å². The van der Waals surface area contributed by atoms with Gasteiger partial charge >= 0.3 is 5.97 Å². The van der Waals surface area contributed by atoms with Crippen LogP contribution in [0.1, 0.15) is 21.7 Å². The minimum absolute atomic E-state index is 0.141. The molecule has 0 saturated carbocycles. The fourth-order valence-electron chi connectivity index (χ4n) is 1.62. The minimum Gasteiger partial charge on any atom is -0.478 e. The van der Waals surface area contributed by atoms with Crippen LogP contribution in [0.5, 0.6) is 0 Å². The van der Waals surface area contributed by atoms with Crippen molar-refractivity contribution in [3.63, 3.8) is 0 Å². The van der Waals surface area contributed by atoms with E-state index in [0.29, 0.717) is 17.3 Å². The second-order valence-corrected chi connectivity index (χ2v) is 4.30. The highest BCUT2D eigenvalue weighted by atomic mass is 35.5. The van der Waals surface area contributed by atoms with E-state index in [4.69, 9.17) is 21.1 Å². The molecule has 2 aromatic rings. The van der Waals surface area contributed by atoms with Crippen LogP contribution in [-0.4, -0.2) is 11.1 Å². The van der Waals surface area contributed by atoms with Crippen LogP contribution in [0.4, 0.5) is 5.69 Å². The predicted molar refractivity (Wildman–Crippen MR) is 69.2 cm³/mol. The third kappa shape index (κ3) is 2.65. The molecular weight excluding hydrogens is 254 g/mol. The first-order valence-corrected chi connectivity index (χ1v) is 5.75. The standard InChI is InChI=1S/C13H12ClNO3/c1-8-3-2-4-11(14)12(8)15-6-10-5-9(7-18-10)13(16)17/h2-5,7,15H,6H2,1H3,(H,16,17). The van der Waals surface area contributed by atoms with E-state index < -0.39 is 5.97 Å². The van der Waals surface area contributed by atoms with Gasteiger partial charge in [0.2, 0.25) is 0 Å². The summed E-state index contributed by atoms with van der Waals surface area (Å²) in [5.74, 6) is -0.453. The van der Waals surface area contributed by atoms with Gasteiger partial charge in [-0.1, -0.05) is 23.7 Å². The molecule has 2 N–H and O–H groups in total. The molecule has 18 heavy (non-hydrogen) atoms. The van der Waals surface area contributed by atoms with Crippen molar-refractivity contribution in [2.24, 2.45) is 0 Å². The highest BCUT2D eigenvalue weighted by molar-refractivity contribution is 6.33. The quantitative estimate of drug-likeness (QED) is 0.887. The number of halogens is 1. The predicted octanol–water partition coefficient (Wildman–Crippen LogP) is 3.55. The topological polar surface area (TPSA) is 62.5 Å². The van der Waals surface area contributed by atoms with Crippen molar-refractivity contribution >= 4 is 23.3 Å². The van der Waals surface area contributed by atoms with E-state index in [1.165, 1.54) is 12.3 Å². The molecule has 1 aromatic carbocycles. The van der Waals surface area contributed by atoms with Crippen LogP contribution < -0.4 is 5.32 Å². The molecule has 2 rings (SSSR count). The van der Waals surface area contributed by atoms with Crippen LogP contribution in [0.2, 0.25) is 5.02 Å². The van der Waals surface area contributed by atoms with E-state index >= 15 is 0 Å². The Morgan fingerprint density at radius 3 is 2.89 bits per heavy atom. The number of rotatable bonds is 4. The monoisotopic (exact) mass is 265 g/mol. The lowest BCUT2D eigenvalue weighted by Crippen LogP contribution is -2.01. The first-order chi connectivity index (χ1) is 8.58. The van der Waals surface area contributed by atoms with Crippen molar-refractivity contribution in [2.75, 3.05) is 5.32 Å². The summed E-state index contributed by atoms with van der Waals surface area (Å²) in [7, 11) is 0. The second-order valence-electron chi connectivity index (χ2n) is 3.89. The normalized spacial score (nSPS) is 10.3. The number of para-hydroxylation sites is 1. The van der Waals surface area contributed by atoms with Crippen molar-refractivity contribution in [1.29, 1.82) is 0 Å². The van der Waals surface area contributed by atoms with Gasteiger partial charge < -0.3 is 14.8 Å². The fourth-order valence-corrected chi connectivity index (χ4v) is 1.91. The number of hydrogen-bond acceptors (Lipinski definition) is 3. The Kier molecular flexibility index (Phi) is 3.58. The summed E-state index contributed by atoms with van der Waals surface area (Å²) in [5, 5.41) is 12.5. The lowest BCUT2D eigenvalue weighted by molar-refractivity contribution is 0.0696. The number of nitrogens with one attached hydrogen (secondary N) is 1. The van der Waals surface area contributed by atoms with E-state index in [-0.39, 0.29) is 5.56 Å². The van der Waals surface area contributed by atoms with Gasteiger partial charge in [0.05, 0.1) is 22.8 Å². The van der Waals surface area contributed by atoms with Gasteiger partial charge in [-0.2, -0.15) is 0 Å². The van der Waals surface area contributed by atoms with Gasteiger partial charge in [0.25, 0.3) is 0 Å². The fraction of sp³-hybridized carbons (Fsp3) is 0.154. The number of aromatic carboxylic acids is 1. The number of anilines is 1. The molecule has 0 bridgehead atoms. The Morgan fingerprint density at radius 1 is 1.50 bits per heavy atom. The molecule has 0 unspecified atom stereocenters. The highest BCUT2D eigenvalue weighted by Crippen LogP contribution is 2.25. The number of carboxylic acid groups (broad SMARTS) is 1. The number of carbonyl (C=O) groups is 1. The third-order valence-corrected chi connectivity index (χ3v) is 2.88. The molecule has 0 atom stereocenters. The van der Waals surface area contributed by atoms with Crippen molar-refractivity contribution < 1.29 is 14.3 Å². The molecule has 1 aromatic heterocycles. The largest absolute Gasteiger partial charge is 0.478 e. The molecule has 0 saturated heterocycles. The summed E-state index contributed by atoms with van der Waals surface area (Å²) < 4.78 is 5.14.